The molecule has 2 N–H and O–H groups in total. The summed E-state index contributed by atoms with van der Waals surface area (Å²) in [5, 5.41) is 5.38. The number of carbonyl (C=O) groups excluding carboxylic acids is 2. The highest BCUT2D eigenvalue weighted by Gasteiger charge is 2.15. The fourth-order valence-corrected chi connectivity index (χ4v) is 2.75. The Hall–Kier alpha value is -3.73. The molecule has 0 fully saturated rings. The lowest BCUT2D eigenvalue weighted by Gasteiger charge is -2.11. The third-order valence-electron chi connectivity index (χ3n) is 4.28. The Morgan fingerprint density at radius 3 is 2.14 bits per heavy atom. The van der Waals surface area contributed by atoms with Crippen molar-refractivity contribution in [2.24, 2.45) is 0 Å². The van der Waals surface area contributed by atoms with Crippen molar-refractivity contribution in [1.29, 1.82) is 0 Å². The molecule has 0 aliphatic carbocycles. The summed E-state index contributed by atoms with van der Waals surface area (Å²) in [6.45, 7) is 0.388. The fraction of sp³-hybridized carbons (Fsp3) is 0.0833. The lowest BCUT2D eigenvalue weighted by atomic mass is 10.1. The minimum absolute atomic E-state index is 0.0167. The van der Waals surface area contributed by atoms with Gasteiger partial charge in [-0.3, -0.25) is 9.59 Å². The highest BCUT2D eigenvalue weighted by atomic mass is 19.1. The number of hydrogen-bond donors (Lipinski definition) is 2. The van der Waals surface area contributed by atoms with Crippen LogP contribution in [0.4, 0.5) is 4.39 Å². The van der Waals surface area contributed by atoms with Crippen LogP contribution in [0.2, 0.25) is 0 Å². The average Bonchev–Trinajstić information content (AvgIpc) is 2.76. The Morgan fingerprint density at radius 2 is 1.45 bits per heavy atom. The van der Waals surface area contributed by atoms with E-state index in [2.05, 4.69) is 10.6 Å². The number of hydrogen-bond acceptors (Lipinski definition) is 2. The van der Waals surface area contributed by atoms with Crippen LogP contribution in [0.3, 0.4) is 0 Å². The zero-order valence-corrected chi connectivity index (χ0v) is 15.8. The Labute approximate surface area is 169 Å². The van der Waals surface area contributed by atoms with Gasteiger partial charge in [-0.05, 0) is 36.3 Å². The highest BCUT2D eigenvalue weighted by Crippen LogP contribution is 2.11. The predicted molar refractivity (Wildman–Crippen MR) is 111 cm³/mol. The summed E-state index contributed by atoms with van der Waals surface area (Å²) in [5.74, 6) is -1.39. The van der Waals surface area contributed by atoms with E-state index in [1.165, 1.54) is 12.1 Å². The topological polar surface area (TPSA) is 58.2 Å². The average molecular weight is 388 g/mol. The number of nitrogens with one attached hydrogen (secondary N) is 2. The van der Waals surface area contributed by atoms with Crippen molar-refractivity contribution in [3.8, 4) is 0 Å². The molecule has 5 heteroatoms. The summed E-state index contributed by atoms with van der Waals surface area (Å²) in [6, 6.07) is 24.3. The van der Waals surface area contributed by atoms with E-state index in [0.29, 0.717) is 18.5 Å². The van der Waals surface area contributed by atoms with E-state index in [1.54, 1.807) is 48.5 Å². The molecule has 0 atom stereocenters. The molecule has 0 bridgehead atoms. The second-order valence-electron chi connectivity index (χ2n) is 6.39. The molecule has 0 aliphatic heterocycles. The van der Waals surface area contributed by atoms with Crippen LogP contribution in [-0.2, 0) is 11.2 Å². The molecule has 0 aromatic heterocycles. The summed E-state index contributed by atoms with van der Waals surface area (Å²) >= 11 is 0. The lowest BCUT2D eigenvalue weighted by molar-refractivity contribution is -0.117. The molecule has 2 amide bonds. The molecule has 3 rings (SSSR count). The highest BCUT2D eigenvalue weighted by molar-refractivity contribution is 6.05. The van der Waals surface area contributed by atoms with Crippen molar-refractivity contribution < 1.29 is 14.0 Å². The molecular formula is C24H21FN2O2. The van der Waals surface area contributed by atoms with Gasteiger partial charge in [-0.25, -0.2) is 4.39 Å². The lowest BCUT2D eigenvalue weighted by Crippen LogP contribution is -2.35. The molecule has 29 heavy (non-hydrogen) atoms. The first kappa shape index (κ1) is 20.0. The van der Waals surface area contributed by atoms with Gasteiger partial charge in [0.15, 0.2) is 0 Å². The number of carbonyl (C=O) groups is 2. The number of halogens is 1. The maximum absolute atomic E-state index is 14.1. The zero-order chi connectivity index (χ0) is 20.5. The van der Waals surface area contributed by atoms with Crippen LogP contribution < -0.4 is 10.6 Å². The quantitative estimate of drug-likeness (QED) is 0.602. The first-order valence-electron chi connectivity index (χ1n) is 9.28. The van der Waals surface area contributed by atoms with Gasteiger partial charge >= 0.3 is 0 Å². The van der Waals surface area contributed by atoms with Gasteiger partial charge in [0.2, 0.25) is 0 Å². The standard InChI is InChI=1S/C24H21FN2O2/c25-21-14-8-7-13-20(21)17-22(27-23(28)19-11-5-2-6-12-19)24(29)26-16-15-18-9-3-1-4-10-18/h1-14,17H,15-16H2,(H,26,29)(H,27,28)/b22-17+. The SMILES string of the molecule is O=C(NCCc1ccccc1)/C(=C\c1ccccc1F)NC(=O)c1ccccc1. The van der Waals surface area contributed by atoms with E-state index >= 15 is 0 Å². The van der Waals surface area contributed by atoms with Crippen LogP contribution in [0.1, 0.15) is 21.5 Å². The van der Waals surface area contributed by atoms with Crippen molar-refractivity contribution in [2.75, 3.05) is 6.54 Å². The van der Waals surface area contributed by atoms with Crippen molar-refractivity contribution in [1.82, 2.24) is 10.6 Å². The van der Waals surface area contributed by atoms with Crippen LogP contribution in [-0.4, -0.2) is 18.4 Å². The third-order valence-corrected chi connectivity index (χ3v) is 4.28. The summed E-state index contributed by atoms with van der Waals surface area (Å²) in [4.78, 5) is 25.2. The first-order chi connectivity index (χ1) is 14.1. The second-order valence-corrected chi connectivity index (χ2v) is 6.39. The third kappa shape index (κ3) is 5.87. The first-order valence-corrected chi connectivity index (χ1v) is 9.28. The molecule has 3 aromatic carbocycles. The number of amides is 2. The summed E-state index contributed by atoms with van der Waals surface area (Å²) in [7, 11) is 0. The Bertz CT molecular complexity index is 1000. The van der Waals surface area contributed by atoms with Gasteiger partial charge in [-0.1, -0.05) is 66.7 Å². The van der Waals surface area contributed by atoms with E-state index < -0.39 is 17.6 Å². The zero-order valence-electron chi connectivity index (χ0n) is 15.8. The predicted octanol–water partition coefficient (Wildman–Crippen LogP) is 3.96. The molecular weight excluding hydrogens is 367 g/mol. The summed E-state index contributed by atoms with van der Waals surface area (Å²) < 4.78 is 14.1. The Kier molecular flexibility index (Phi) is 6.90. The van der Waals surface area contributed by atoms with Gasteiger partial charge in [0.25, 0.3) is 11.8 Å². The molecule has 4 nitrogen and oxygen atoms in total. The van der Waals surface area contributed by atoms with E-state index in [4.69, 9.17) is 0 Å². The molecule has 3 aromatic rings. The minimum atomic E-state index is -0.478. The van der Waals surface area contributed by atoms with Crippen LogP contribution in [0.25, 0.3) is 6.08 Å². The molecule has 0 unspecified atom stereocenters. The molecule has 146 valence electrons. The van der Waals surface area contributed by atoms with E-state index in [1.807, 2.05) is 30.3 Å². The van der Waals surface area contributed by atoms with Crippen LogP contribution >= 0.6 is 0 Å². The molecule has 0 radical (unpaired) electrons. The van der Waals surface area contributed by atoms with Crippen molar-refractivity contribution in [3.63, 3.8) is 0 Å². The maximum atomic E-state index is 14.1. The van der Waals surface area contributed by atoms with Crippen LogP contribution in [0.5, 0.6) is 0 Å². The second kappa shape index (κ2) is 9.99. The van der Waals surface area contributed by atoms with Gasteiger partial charge in [-0.2, -0.15) is 0 Å². The Balaban J connectivity index is 1.75. The molecule has 0 saturated heterocycles. The Morgan fingerprint density at radius 1 is 0.828 bits per heavy atom. The van der Waals surface area contributed by atoms with Gasteiger partial charge in [0.05, 0.1) is 0 Å². The molecule has 0 spiro atoms. The molecule has 0 saturated carbocycles. The number of rotatable bonds is 7. The largest absolute Gasteiger partial charge is 0.350 e. The van der Waals surface area contributed by atoms with Gasteiger partial charge < -0.3 is 10.6 Å². The van der Waals surface area contributed by atoms with E-state index in [9.17, 15) is 14.0 Å². The molecule has 0 heterocycles. The van der Waals surface area contributed by atoms with Gasteiger partial charge in [0, 0.05) is 17.7 Å². The summed E-state index contributed by atoms with van der Waals surface area (Å²) in [5.41, 5.74) is 1.69. The van der Waals surface area contributed by atoms with E-state index in [-0.39, 0.29) is 11.3 Å². The normalized spacial score (nSPS) is 11.0. The fourth-order valence-electron chi connectivity index (χ4n) is 2.75. The van der Waals surface area contributed by atoms with Crippen molar-refractivity contribution in [3.05, 3.63) is 113 Å². The summed E-state index contributed by atoms with van der Waals surface area (Å²) in [6.07, 6.45) is 1.99. The number of benzene rings is 3. The van der Waals surface area contributed by atoms with Gasteiger partial charge in [-0.15, -0.1) is 0 Å². The monoisotopic (exact) mass is 388 g/mol. The van der Waals surface area contributed by atoms with Crippen molar-refractivity contribution in [2.45, 2.75) is 6.42 Å². The minimum Gasteiger partial charge on any atom is -0.350 e. The van der Waals surface area contributed by atoms with Gasteiger partial charge in [0.1, 0.15) is 11.5 Å². The molecule has 0 aliphatic rings. The van der Waals surface area contributed by atoms with Crippen LogP contribution in [0, 0.1) is 5.82 Å². The smallest absolute Gasteiger partial charge is 0.267 e. The maximum Gasteiger partial charge on any atom is 0.267 e. The van der Waals surface area contributed by atoms with Crippen LogP contribution in [0.15, 0.2) is 90.6 Å². The van der Waals surface area contributed by atoms with E-state index in [0.717, 1.165) is 5.56 Å². The van der Waals surface area contributed by atoms with Crippen molar-refractivity contribution >= 4 is 17.9 Å².